The van der Waals surface area contributed by atoms with Gasteiger partial charge in [0.05, 0.1) is 11.6 Å². The zero-order chi connectivity index (χ0) is 13.0. The molecule has 0 bridgehead atoms. The summed E-state index contributed by atoms with van der Waals surface area (Å²) in [6.07, 6.45) is 1.75. The van der Waals surface area contributed by atoms with Crippen LogP contribution in [-0.4, -0.2) is 36.5 Å². The number of likely N-dealkylation sites (tertiary alicyclic amines) is 1. The third kappa shape index (κ3) is 4.27. The van der Waals surface area contributed by atoms with E-state index in [0.29, 0.717) is 23.9 Å². The highest BCUT2D eigenvalue weighted by molar-refractivity contribution is 6.32. The highest BCUT2D eigenvalue weighted by Gasteiger charge is 2.23. The standard InChI is InChI=1S/C13H17ClN2O2.ClH/c14-11-3-1-2-4-12(11)18-10-5-7-16(8-6-10)13(17)9-15;/h1-4,10H,5-9,15H2;1H. The number of amides is 1. The van der Waals surface area contributed by atoms with Crippen LogP contribution in [0, 0.1) is 0 Å². The topological polar surface area (TPSA) is 55.6 Å². The van der Waals surface area contributed by atoms with Crippen LogP contribution < -0.4 is 10.5 Å². The summed E-state index contributed by atoms with van der Waals surface area (Å²) in [6.45, 7) is 1.48. The molecule has 0 saturated carbocycles. The van der Waals surface area contributed by atoms with Crippen LogP contribution in [0.2, 0.25) is 5.02 Å². The third-order valence-corrected chi connectivity index (χ3v) is 3.41. The van der Waals surface area contributed by atoms with Crippen LogP contribution in [0.3, 0.4) is 0 Å². The minimum Gasteiger partial charge on any atom is -0.489 e. The number of hydrogen-bond acceptors (Lipinski definition) is 3. The molecule has 19 heavy (non-hydrogen) atoms. The normalized spacial score (nSPS) is 15.8. The largest absolute Gasteiger partial charge is 0.489 e. The Morgan fingerprint density at radius 2 is 2.00 bits per heavy atom. The first-order valence-corrected chi connectivity index (χ1v) is 6.47. The number of nitrogens with zero attached hydrogens (tertiary/aromatic N) is 1. The molecular formula is C13H18Cl2N2O2. The van der Waals surface area contributed by atoms with E-state index in [2.05, 4.69) is 0 Å². The number of nitrogens with two attached hydrogens (primary N) is 1. The second-order valence-electron chi connectivity index (χ2n) is 4.33. The maximum Gasteiger partial charge on any atom is 0.236 e. The highest BCUT2D eigenvalue weighted by Crippen LogP contribution is 2.26. The molecule has 0 radical (unpaired) electrons. The molecule has 1 aromatic rings. The number of benzene rings is 1. The smallest absolute Gasteiger partial charge is 0.236 e. The van der Waals surface area contributed by atoms with Crippen molar-refractivity contribution in [3.05, 3.63) is 29.3 Å². The summed E-state index contributed by atoms with van der Waals surface area (Å²) >= 11 is 6.04. The molecule has 0 unspecified atom stereocenters. The lowest BCUT2D eigenvalue weighted by atomic mass is 10.1. The third-order valence-electron chi connectivity index (χ3n) is 3.10. The van der Waals surface area contributed by atoms with Crippen LogP contribution in [-0.2, 0) is 4.79 Å². The van der Waals surface area contributed by atoms with Crippen molar-refractivity contribution in [1.29, 1.82) is 0 Å². The summed E-state index contributed by atoms with van der Waals surface area (Å²) in [6, 6.07) is 7.44. The van der Waals surface area contributed by atoms with E-state index in [9.17, 15) is 4.79 Å². The van der Waals surface area contributed by atoms with Crippen molar-refractivity contribution in [2.75, 3.05) is 19.6 Å². The van der Waals surface area contributed by atoms with Gasteiger partial charge in [-0.05, 0) is 12.1 Å². The van der Waals surface area contributed by atoms with Gasteiger partial charge < -0.3 is 15.4 Å². The first kappa shape index (κ1) is 16.1. The lowest BCUT2D eigenvalue weighted by Crippen LogP contribution is -2.44. The molecule has 2 rings (SSSR count). The maximum atomic E-state index is 11.4. The van der Waals surface area contributed by atoms with Crippen molar-refractivity contribution in [2.24, 2.45) is 5.73 Å². The van der Waals surface area contributed by atoms with E-state index < -0.39 is 0 Å². The molecular weight excluding hydrogens is 287 g/mol. The van der Waals surface area contributed by atoms with Gasteiger partial charge in [-0.3, -0.25) is 4.79 Å². The fraction of sp³-hybridized carbons (Fsp3) is 0.462. The van der Waals surface area contributed by atoms with Gasteiger partial charge in [-0.1, -0.05) is 23.7 Å². The van der Waals surface area contributed by atoms with E-state index in [0.717, 1.165) is 12.8 Å². The molecule has 1 aromatic carbocycles. The molecule has 1 aliphatic heterocycles. The number of piperidine rings is 1. The van der Waals surface area contributed by atoms with Gasteiger partial charge in [0.25, 0.3) is 0 Å². The van der Waals surface area contributed by atoms with Gasteiger partial charge in [0.1, 0.15) is 11.9 Å². The predicted octanol–water partition coefficient (Wildman–Crippen LogP) is 2.09. The van der Waals surface area contributed by atoms with Gasteiger partial charge in [0, 0.05) is 25.9 Å². The molecule has 0 aliphatic carbocycles. The van der Waals surface area contributed by atoms with Crippen LogP contribution in [0.15, 0.2) is 24.3 Å². The van der Waals surface area contributed by atoms with Gasteiger partial charge in [-0.25, -0.2) is 0 Å². The van der Waals surface area contributed by atoms with E-state index >= 15 is 0 Å². The minimum atomic E-state index is 0. The molecule has 1 amide bonds. The van der Waals surface area contributed by atoms with Crippen LogP contribution in [0.25, 0.3) is 0 Å². The first-order valence-electron chi connectivity index (χ1n) is 6.09. The number of para-hydroxylation sites is 1. The van der Waals surface area contributed by atoms with Crippen molar-refractivity contribution in [3.8, 4) is 5.75 Å². The van der Waals surface area contributed by atoms with Gasteiger partial charge in [-0.2, -0.15) is 0 Å². The van der Waals surface area contributed by atoms with Crippen LogP contribution in [0.1, 0.15) is 12.8 Å². The summed E-state index contributed by atoms with van der Waals surface area (Å²) in [7, 11) is 0. The highest BCUT2D eigenvalue weighted by atomic mass is 35.5. The Morgan fingerprint density at radius 3 is 2.58 bits per heavy atom. The fourth-order valence-corrected chi connectivity index (χ4v) is 2.25. The molecule has 1 aliphatic rings. The van der Waals surface area contributed by atoms with E-state index in [-0.39, 0.29) is 31.0 Å². The van der Waals surface area contributed by atoms with Crippen molar-refractivity contribution >= 4 is 29.9 Å². The van der Waals surface area contributed by atoms with Crippen molar-refractivity contribution in [1.82, 2.24) is 4.90 Å². The Balaban J connectivity index is 0.00000180. The molecule has 6 heteroatoms. The molecule has 1 saturated heterocycles. The molecule has 1 heterocycles. The maximum absolute atomic E-state index is 11.4. The summed E-state index contributed by atoms with van der Waals surface area (Å²) in [5.74, 6) is 0.717. The molecule has 0 aromatic heterocycles. The Morgan fingerprint density at radius 1 is 1.37 bits per heavy atom. The van der Waals surface area contributed by atoms with Gasteiger partial charge in [0.15, 0.2) is 0 Å². The summed E-state index contributed by atoms with van der Waals surface area (Å²) < 4.78 is 5.85. The number of carbonyl (C=O) groups excluding carboxylic acids is 1. The molecule has 0 atom stereocenters. The molecule has 2 N–H and O–H groups in total. The van der Waals surface area contributed by atoms with Crippen LogP contribution in [0.4, 0.5) is 0 Å². The Hall–Kier alpha value is -0.970. The number of hydrogen-bond donors (Lipinski definition) is 1. The zero-order valence-electron chi connectivity index (χ0n) is 10.5. The monoisotopic (exact) mass is 304 g/mol. The average molecular weight is 305 g/mol. The SMILES string of the molecule is Cl.NCC(=O)N1CCC(Oc2ccccc2Cl)CC1. The van der Waals surface area contributed by atoms with E-state index in [4.69, 9.17) is 22.1 Å². The Kier molecular flexibility index (Phi) is 6.42. The van der Waals surface area contributed by atoms with E-state index in [1.807, 2.05) is 24.3 Å². The summed E-state index contributed by atoms with van der Waals surface area (Å²) in [4.78, 5) is 13.2. The van der Waals surface area contributed by atoms with E-state index in [1.54, 1.807) is 4.90 Å². The molecule has 4 nitrogen and oxygen atoms in total. The van der Waals surface area contributed by atoms with Crippen molar-refractivity contribution in [2.45, 2.75) is 18.9 Å². The zero-order valence-corrected chi connectivity index (χ0v) is 12.1. The molecule has 0 spiro atoms. The molecule has 1 fully saturated rings. The van der Waals surface area contributed by atoms with Gasteiger partial charge >= 0.3 is 0 Å². The average Bonchev–Trinajstić information content (AvgIpc) is 2.41. The molecule has 106 valence electrons. The lowest BCUT2D eigenvalue weighted by molar-refractivity contribution is -0.131. The number of halogens is 2. The number of rotatable bonds is 3. The summed E-state index contributed by atoms with van der Waals surface area (Å²) in [5.41, 5.74) is 5.34. The van der Waals surface area contributed by atoms with Crippen LogP contribution >= 0.6 is 24.0 Å². The first-order chi connectivity index (χ1) is 8.70. The van der Waals surface area contributed by atoms with Gasteiger partial charge in [-0.15, -0.1) is 12.4 Å². The van der Waals surface area contributed by atoms with Crippen molar-refractivity contribution in [3.63, 3.8) is 0 Å². The number of ether oxygens (including phenoxy) is 1. The quantitative estimate of drug-likeness (QED) is 0.930. The Labute approximate surface area is 124 Å². The minimum absolute atomic E-state index is 0. The predicted molar refractivity (Wildman–Crippen MR) is 78.0 cm³/mol. The van der Waals surface area contributed by atoms with Crippen molar-refractivity contribution < 1.29 is 9.53 Å². The summed E-state index contributed by atoms with van der Waals surface area (Å²) in [5, 5.41) is 0.623. The second kappa shape index (κ2) is 7.58. The lowest BCUT2D eigenvalue weighted by Gasteiger charge is -2.32. The second-order valence-corrected chi connectivity index (χ2v) is 4.74. The van der Waals surface area contributed by atoms with Crippen LogP contribution in [0.5, 0.6) is 5.75 Å². The Bertz CT molecular complexity index is 421. The van der Waals surface area contributed by atoms with Gasteiger partial charge in [0.2, 0.25) is 5.91 Å². The fourth-order valence-electron chi connectivity index (χ4n) is 2.07. The number of carbonyl (C=O) groups is 1. The van der Waals surface area contributed by atoms with E-state index in [1.165, 1.54) is 0 Å².